The van der Waals surface area contributed by atoms with Gasteiger partial charge in [-0.2, -0.15) is 0 Å². The second-order valence-corrected chi connectivity index (χ2v) is 8.22. The van der Waals surface area contributed by atoms with Crippen LogP contribution in [0.3, 0.4) is 0 Å². The minimum absolute atomic E-state index is 0.0408. The Morgan fingerprint density at radius 3 is 2.59 bits per heavy atom. The van der Waals surface area contributed by atoms with Gasteiger partial charge in [0.05, 0.1) is 11.3 Å². The lowest BCUT2D eigenvalue weighted by molar-refractivity contribution is 0.0636. The molecule has 29 heavy (non-hydrogen) atoms. The Labute approximate surface area is 172 Å². The predicted octanol–water partition coefficient (Wildman–Crippen LogP) is 5.31. The highest BCUT2D eigenvalue weighted by Crippen LogP contribution is 2.31. The van der Waals surface area contributed by atoms with E-state index in [1.165, 1.54) is 17.5 Å². The van der Waals surface area contributed by atoms with Crippen molar-refractivity contribution in [1.29, 1.82) is 0 Å². The number of nitrogens with zero attached hydrogens (tertiary/aromatic N) is 3. The van der Waals surface area contributed by atoms with E-state index in [4.69, 9.17) is 0 Å². The van der Waals surface area contributed by atoms with Crippen LogP contribution in [0, 0.1) is 20.8 Å². The largest absolute Gasteiger partial charge is 0.354 e. The fourth-order valence-electron chi connectivity index (χ4n) is 4.21. The van der Waals surface area contributed by atoms with Crippen molar-refractivity contribution in [2.75, 3.05) is 11.9 Å². The van der Waals surface area contributed by atoms with Gasteiger partial charge in [-0.25, -0.2) is 9.97 Å². The number of fused-ring (bicyclic) bond motifs is 1. The highest BCUT2D eigenvalue weighted by atomic mass is 16.2. The number of carbonyl (C=O) groups excluding carboxylic acids is 1. The van der Waals surface area contributed by atoms with E-state index in [0.29, 0.717) is 11.2 Å². The zero-order valence-electron chi connectivity index (χ0n) is 17.6. The average molecular weight is 389 g/mol. The molecule has 5 nitrogen and oxygen atoms in total. The second kappa shape index (κ2) is 7.82. The lowest BCUT2D eigenvalue weighted by atomic mass is 10.0. The highest BCUT2D eigenvalue weighted by molar-refractivity contribution is 6.07. The van der Waals surface area contributed by atoms with Crippen molar-refractivity contribution in [2.24, 2.45) is 0 Å². The molecule has 2 aromatic heterocycles. The van der Waals surface area contributed by atoms with Crippen molar-refractivity contribution in [3.05, 3.63) is 58.9 Å². The number of hydrogen-bond acceptors (Lipinski definition) is 4. The van der Waals surface area contributed by atoms with Gasteiger partial charge in [0, 0.05) is 35.6 Å². The van der Waals surface area contributed by atoms with E-state index in [2.05, 4.69) is 54.3 Å². The van der Waals surface area contributed by atoms with Crippen LogP contribution in [-0.4, -0.2) is 33.4 Å². The van der Waals surface area contributed by atoms with Gasteiger partial charge >= 0.3 is 0 Å². The number of carbonyl (C=O) groups is 1. The zero-order chi connectivity index (χ0) is 20.5. The lowest BCUT2D eigenvalue weighted by Crippen LogP contribution is -2.42. The van der Waals surface area contributed by atoms with Gasteiger partial charge in [-0.05, 0) is 82.3 Å². The maximum absolute atomic E-state index is 13.5. The van der Waals surface area contributed by atoms with Crippen molar-refractivity contribution in [1.82, 2.24) is 14.9 Å². The molecular weight excluding hydrogens is 360 g/mol. The summed E-state index contributed by atoms with van der Waals surface area (Å²) in [4.78, 5) is 24.6. The Bertz CT molecular complexity index is 1060. The fourth-order valence-corrected chi connectivity index (χ4v) is 4.21. The van der Waals surface area contributed by atoms with Crippen molar-refractivity contribution in [3.8, 4) is 0 Å². The number of rotatable bonds is 3. The minimum atomic E-state index is 0.0408. The molecule has 0 bridgehead atoms. The first-order valence-corrected chi connectivity index (χ1v) is 10.3. The van der Waals surface area contributed by atoms with Crippen LogP contribution in [0.25, 0.3) is 11.0 Å². The molecule has 3 heterocycles. The van der Waals surface area contributed by atoms with E-state index in [9.17, 15) is 4.79 Å². The SMILES string of the molecule is Cc1cc(C)cc(Nc2c(C(=O)N3CCCCC3C)cnc3nc(C)ccc23)c1. The average Bonchev–Trinajstić information content (AvgIpc) is 2.67. The van der Waals surface area contributed by atoms with Gasteiger partial charge in [-0.1, -0.05) is 6.07 Å². The number of pyridine rings is 2. The lowest BCUT2D eigenvalue weighted by Gasteiger charge is -2.34. The Kier molecular flexibility index (Phi) is 5.22. The molecule has 1 unspecified atom stereocenters. The van der Waals surface area contributed by atoms with Crippen LogP contribution in [0.4, 0.5) is 11.4 Å². The van der Waals surface area contributed by atoms with E-state index < -0.39 is 0 Å². The molecule has 1 aromatic carbocycles. The number of nitrogens with one attached hydrogen (secondary N) is 1. The molecule has 1 N–H and O–H groups in total. The van der Waals surface area contributed by atoms with Crippen LogP contribution in [0.15, 0.2) is 36.5 Å². The number of hydrogen-bond donors (Lipinski definition) is 1. The van der Waals surface area contributed by atoms with Gasteiger partial charge in [-0.3, -0.25) is 4.79 Å². The Morgan fingerprint density at radius 1 is 1.10 bits per heavy atom. The molecule has 1 aliphatic rings. The summed E-state index contributed by atoms with van der Waals surface area (Å²) in [7, 11) is 0. The topological polar surface area (TPSA) is 58.1 Å². The molecule has 4 rings (SSSR count). The van der Waals surface area contributed by atoms with Crippen LogP contribution >= 0.6 is 0 Å². The Hall–Kier alpha value is -2.95. The van der Waals surface area contributed by atoms with Crippen molar-refractivity contribution in [2.45, 2.75) is 53.0 Å². The van der Waals surface area contributed by atoms with Gasteiger partial charge in [0.15, 0.2) is 5.65 Å². The predicted molar refractivity (Wildman–Crippen MR) is 118 cm³/mol. The molecule has 0 radical (unpaired) electrons. The van der Waals surface area contributed by atoms with Gasteiger partial charge in [0.1, 0.15) is 0 Å². The van der Waals surface area contributed by atoms with E-state index in [0.717, 1.165) is 41.8 Å². The molecule has 0 aliphatic carbocycles. The van der Waals surface area contributed by atoms with Crippen LogP contribution in [-0.2, 0) is 0 Å². The zero-order valence-corrected chi connectivity index (χ0v) is 17.6. The summed E-state index contributed by atoms with van der Waals surface area (Å²) in [5, 5.41) is 4.39. The molecule has 150 valence electrons. The van der Waals surface area contributed by atoms with Crippen LogP contribution in [0.1, 0.15) is 53.4 Å². The second-order valence-electron chi connectivity index (χ2n) is 8.22. The maximum atomic E-state index is 13.5. The third-order valence-corrected chi connectivity index (χ3v) is 5.65. The van der Waals surface area contributed by atoms with Crippen LogP contribution in [0.5, 0.6) is 0 Å². The first-order chi connectivity index (χ1) is 13.9. The number of piperidine rings is 1. The molecule has 1 atom stereocenters. The van der Waals surface area contributed by atoms with Gasteiger partial charge < -0.3 is 10.2 Å². The molecule has 1 aliphatic heterocycles. The molecule has 1 saturated heterocycles. The summed E-state index contributed by atoms with van der Waals surface area (Å²) >= 11 is 0. The number of benzene rings is 1. The molecule has 5 heteroatoms. The molecule has 3 aromatic rings. The van der Waals surface area contributed by atoms with Gasteiger partial charge in [0.25, 0.3) is 5.91 Å². The number of aromatic nitrogens is 2. The fraction of sp³-hybridized carbons (Fsp3) is 0.375. The standard InChI is InChI=1S/C24H28N4O/c1-15-11-16(2)13-19(12-15)27-22-20-9-8-17(3)26-23(20)25-14-21(22)24(29)28-10-6-5-7-18(28)4/h8-9,11-14,18H,5-7,10H2,1-4H3,(H,25,26,27). The van der Waals surface area contributed by atoms with Gasteiger partial charge in [-0.15, -0.1) is 0 Å². The first-order valence-electron chi connectivity index (χ1n) is 10.3. The summed E-state index contributed by atoms with van der Waals surface area (Å²) in [6, 6.07) is 10.6. The van der Waals surface area contributed by atoms with E-state index in [1.54, 1.807) is 6.20 Å². The van der Waals surface area contributed by atoms with Crippen LogP contribution in [0.2, 0.25) is 0 Å². The number of anilines is 2. The van der Waals surface area contributed by atoms with E-state index >= 15 is 0 Å². The van der Waals surface area contributed by atoms with Gasteiger partial charge in [0.2, 0.25) is 0 Å². The Morgan fingerprint density at radius 2 is 1.86 bits per heavy atom. The monoisotopic (exact) mass is 388 g/mol. The number of amides is 1. The summed E-state index contributed by atoms with van der Waals surface area (Å²) in [6.07, 6.45) is 4.96. The summed E-state index contributed by atoms with van der Waals surface area (Å²) in [5.74, 6) is 0.0408. The normalized spacial score (nSPS) is 16.8. The third kappa shape index (κ3) is 3.95. The molecular formula is C24H28N4O. The number of aryl methyl sites for hydroxylation is 3. The Balaban J connectivity index is 1.84. The summed E-state index contributed by atoms with van der Waals surface area (Å²) in [6.45, 7) is 9.04. The number of likely N-dealkylation sites (tertiary alicyclic amines) is 1. The quantitative estimate of drug-likeness (QED) is 0.660. The van der Waals surface area contributed by atoms with E-state index in [1.807, 2.05) is 24.0 Å². The highest BCUT2D eigenvalue weighted by Gasteiger charge is 2.27. The smallest absolute Gasteiger partial charge is 0.257 e. The van der Waals surface area contributed by atoms with Crippen LogP contribution < -0.4 is 5.32 Å². The molecule has 0 spiro atoms. The van der Waals surface area contributed by atoms with Crippen molar-refractivity contribution >= 4 is 28.3 Å². The summed E-state index contributed by atoms with van der Waals surface area (Å²) < 4.78 is 0. The summed E-state index contributed by atoms with van der Waals surface area (Å²) in [5.41, 5.74) is 6.28. The van der Waals surface area contributed by atoms with Crippen molar-refractivity contribution < 1.29 is 4.79 Å². The first kappa shape index (κ1) is 19.4. The molecule has 0 saturated carbocycles. The molecule has 1 amide bonds. The molecule has 1 fully saturated rings. The van der Waals surface area contributed by atoms with Crippen molar-refractivity contribution in [3.63, 3.8) is 0 Å². The minimum Gasteiger partial charge on any atom is -0.354 e. The third-order valence-electron chi connectivity index (χ3n) is 5.65. The van der Waals surface area contributed by atoms with E-state index in [-0.39, 0.29) is 11.9 Å². The maximum Gasteiger partial charge on any atom is 0.257 e.